The summed E-state index contributed by atoms with van der Waals surface area (Å²) in [7, 11) is 0. The number of rotatable bonds is 7. The van der Waals surface area contributed by atoms with Crippen molar-refractivity contribution in [3.63, 3.8) is 0 Å². The summed E-state index contributed by atoms with van der Waals surface area (Å²) in [5, 5.41) is 12.8. The van der Waals surface area contributed by atoms with Crippen LogP contribution in [0.3, 0.4) is 0 Å². The third-order valence-electron chi connectivity index (χ3n) is 2.34. The first-order chi connectivity index (χ1) is 9.90. The Labute approximate surface area is 117 Å². The van der Waals surface area contributed by atoms with Gasteiger partial charge in [-0.15, -0.1) is 0 Å². The molecule has 0 bridgehead atoms. The highest BCUT2D eigenvalue weighted by molar-refractivity contribution is 5.75. The van der Waals surface area contributed by atoms with Crippen LogP contribution >= 0.6 is 0 Å². The topological polar surface area (TPSA) is 87.7 Å². The number of urea groups is 1. The van der Waals surface area contributed by atoms with Crippen LogP contribution in [0.5, 0.6) is 5.75 Å². The van der Waals surface area contributed by atoms with Crippen molar-refractivity contribution in [1.82, 2.24) is 10.6 Å². The molecule has 116 valence electrons. The van der Waals surface area contributed by atoms with E-state index in [1.54, 1.807) is 0 Å². The van der Waals surface area contributed by atoms with Crippen molar-refractivity contribution in [2.24, 2.45) is 0 Å². The summed E-state index contributed by atoms with van der Waals surface area (Å²) in [6.07, 6.45) is -0.271. The van der Waals surface area contributed by atoms with E-state index in [-0.39, 0.29) is 30.8 Å². The van der Waals surface area contributed by atoms with Crippen LogP contribution in [0.15, 0.2) is 18.2 Å². The largest absolute Gasteiger partial charge is 0.481 e. The number of carbonyl (C=O) groups is 2. The smallest absolute Gasteiger partial charge is 0.387 e. The van der Waals surface area contributed by atoms with Crippen LogP contribution in [0.4, 0.5) is 18.0 Å². The fourth-order valence-electron chi connectivity index (χ4n) is 1.43. The zero-order valence-electron chi connectivity index (χ0n) is 10.7. The maximum atomic E-state index is 13.5. The number of carboxylic acid groups (broad SMARTS) is 1. The highest BCUT2D eigenvalue weighted by Crippen LogP contribution is 2.23. The summed E-state index contributed by atoms with van der Waals surface area (Å²) in [5.74, 6) is -2.27. The van der Waals surface area contributed by atoms with Gasteiger partial charge in [-0.05, 0) is 12.1 Å². The van der Waals surface area contributed by atoms with E-state index in [0.29, 0.717) is 0 Å². The first-order valence-corrected chi connectivity index (χ1v) is 5.86. The molecule has 0 fully saturated rings. The Kier molecular flexibility index (Phi) is 6.31. The van der Waals surface area contributed by atoms with Crippen LogP contribution in [0.2, 0.25) is 0 Å². The molecular weight excluding hydrogens is 293 g/mol. The van der Waals surface area contributed by atoms with E-state index in [1.165, 1.54) is 6.07 Å². The molecule has 0 saturated carbocycles. The Balaban J connectivity index is 2.58. The third-order valence-corrected chi connectivity index (χ3v) is 2.34. The summed E-state index contributed by atoms with van der Waals surface area (Å²) in [6.45, 7) is -3.61. The van der Waals surface area contributed by atoms with Crippen molar-refractivity contribution in [2.75, 3.05) is 6.54 Å². The molecule has 0 aliphatic carbocycles. The number of hydrogen-bond donors (Lipinski definition) is 3. The number of halogens is 3. The molecule has 9 heteroatoms. The van der Waals surface area contributed by atoms with E-state index in [9.17, 15) is 22.8 Å². The predicted octanol–water partition coefficient (Wildman–Crippen LogP) is 1.70. The minimum Gasteiger partial charge on any atom is -0.481 e. The van der Waals surface area contributed by atoms with Gasteiger partial charge in [-0.3, -0.25) is 4.79 Å². The highest BCUT2D eigenvalue weighted by Gasteiger charge is 2.14. The average molecular weight is 306 g/mol. The van der Waals surface area contributed by atoms with Crippen LogP contribution in [-0.2, 0) is 11.3 Å². The Morgan fingerprint density at radius 3 is 2.62 bits per heavy atom. The molecule has 6 nitrogen and oxygen atoms in total. The fourth-order valence-corrected chi connectivity index (χ4v) is 1.43. The summed E-state index contributed by atoms with van der Waals surface area (Å²) in [6, 6.07) is 2.64. The minimum atomic E-state index is -3.12. The standard InChI is InChI=1S/C12H13F3N2O4/c13-8-2-1-3-9(21-11(14)15)7(8)6-17-12(20)16-5-4-10(18)19/h1-3,11H,4-6H2,(H,18,19)(H2,16,17,20). The Bertz CT molecular complexity index is 511. The molecule has 0 heterocycles. The van der Waals surface area contributed by atoms with Gasteiger partial charge in [-0.25, -0.2) is 9.18 Å². The van der Waals surface area contributed by atoms with Crippen LogP contribution < -0.4 is 15.4 Å². The number of alkyl halides is 2. The van der Waals surface area contributed by atoms with Crippen molar-refractivity contribution in [2.45, 2.75) is 19.6 Å². The summed E-state index contributed by atoms with van der Waals surface area (Å²) in [4.78, 5) is 21.6. The zero-order valence-corrected chi connectivity index (χ0v) is 10.7. The van der Waals surface area contributed by atoms with E-state index in [2.05, 4.69) is 15.4 Å². The van der Waals surface area contributed by atoms with Gasteiger partial charge in [0.15, 0.2) is 0 Å². The molecule has 0 spiro atoms. The van der Waals surface area contributed by atoms with Gasteiger partial charge in [-0.1, -0.05) is 6.07 Å². The molecule has 1 aromatic rings. The molecule has 1 rings (SSSR count). The molecule has 0 aliphatic heterocycles. The Hall–Kier alpha value is -2.45. The lowest BCUT2D eigenvalue weighted by atomic mass is 10.2. The lowest BCUT2D eigenvalue weighted by molar-refractivity contribution is -0.136. The lowest BCUT2D eigenvalue weighted by Crippen LogP contribution is -2.36. The number of hydrogen-bond acceptors (Lipinski definition) is 3. The normalized spacial score (nSPS) is 10.3. The van der Waals surface area contributed by atoms with Gasteiger partial charge in [0.1, 0.15) is 11.6 Å². The predicted molar refractivity (Wildman–Crippen MR) is 65.5 cm³/mol. The molecule has 0 unspecified atom stereocenters. The van der Waals surface area contributed by atoms with E-state index < -0.39 is 24.4 Å². The quantitative estimate of drug-likeness (QED) is 0.715. The molecule has 0 aromatic heterocycles. The number of aliphatic carboxylic acids is 1. The maximum Gasteiger partial charge on any atom is 0.387 e. The van der Waals surface area contributed by atoms with Gasteiger partial charge < -0.3 is 20.5 Å². The van der Waals surface area contributed by atoms with Gasteiger partial charge >= 0.3 is 18.6 Å². The molecule has 0 radical (unpaired) electrons. The second kappa shape index (κ2) is 7.98. The molecule has 0 saturated heterocycles. The highest BCUT2D eigenvalue weighted by atomic mass is 19.3. The Morgan fingerprint density at radius 1 is 1.29 bits per heavy atom. The monoisotopic (exact) mass is 306 g/mol. The summed E-state index contributed by atoms with van der Waals surface area (Å²) in [5.41, 5.74) is -0.230. The number of carboxylic acids is 1. The number of amides is 2. The molecule has 1 aromatic carbocycles. The first kappa shape index (κ1) is 16.6. The number of ether oxygens (including phenoxy) is 1. The van der Waals surface area contributed by atoms with Crippen molar-refractivity contribution < 1.29 is 32.6 Å². The molecule has 0 atom stereocenters. The molecule has 21 heavy (non-hydrogen) atoms. The van der Waals surface area contributed by atoms with E-state index >= 15 is 0 Å². The van der Waals surface area contributed by atoms with Gasteiger partial charge in [0, 0.05) is 12.1 Å². The molecule has 3 N–H and O–H groups in total. The van der Waals surface area contributed by atoms with Gasteiger partial charge in [0.2, 0.25) is 0 Å². The maximum absolute atomic E-state index is 13.5. The first-order valence-electron chi connectivity index (χ1n) is 5.86. The fraction of sp³-hybridized carbons (Fsp3) is 0.333. The second-order valence-electron chi connectivity index (χ2n) is 3.85. The van der Waals surface area contributed by atoms with Crippen molar-refractivity contribution in [3.8, 4) is 5.75 Å². The van der Waals surface area contributed by atoms with Gasteiger partial charge in [-0.2, -0.15) is 8.78 Å². The summed E-state index contributed by atoms with van der Waals surface area (Å²) >= 11 is 0. The SMILES string of the molecule is O=C(O)CCNC(=O)NCc1c(F)cccc1OC(F)F. The van der Waals surface area contributed by atoms with Crippen LogP contribution in [0.25, 0.3) is 0 Å². The van der Waals surface area contributed by atoms with E-state index in [0.717, 1.165) is 12.1 Å². The number of carbonyl (C=O) groups excluding carboxylic acids is 1. The van der Waals surface area contributed by atoms with Gasteiger partial charge in [0.25, 0.3) is 0 Å². The molecule has 0 aliphatic rings. The molecular formula is C12H13F3N2O4. The van der Waals surface area contributed by atoms with Crippen LogP contribution in [-0.4, -0.2) is 30.3 Å². The zero-order chi connectivity index (χ0) is 15.8. The number of benzene rings is 1. The average Bonchev–Trinajstić information content (AvgIpc) is 2.37. The minimum absolute atomic E-state index is 0.112. The summed E-state index contributed by atoms with van der Waals surface area (Å²) < 4.78 is 42.0. The Morgan fingerprint density at radius 2 is 2.00 bits per heavy atom. The van der Waals surface area contributed by atoms with Crippen molar-refractivity contribution in [3.05, 3.63) is 29.6 Å². The number of nitrogens with one attached hydrogen (secondary N) is 2. The van der Waals surface area contributed by atoms with Gasteiger partial charge in [0.05, 0.1) is 13.0 Å². The van der Waals surface area contributed by atoms with Crippen molar-refractivity contribution in [1.29, 1.82) is 0 Å². The van der Waals surface area contributed by atoms with Crippen molar-refractivity contribution >= 4 is 12.0 Å². The van der Waals surface area contributed by atoms with E-state index in [4.69, 9.17) is 5.11 Å². The third kappa shape index (κ3) is 6.02. The van der Waals surface area contributed by atoms with Crippen LogP contribution in [0.1, 0.15) is 12.0 Å². The second-order valence-corrected chi connectivity index (χ2v) is 3.85. The molecule has 2 amide bonds. The lowest BCUT2D eigenvalue weighted by Gasteiger charge is -2.12. The van der Waals surface area contributed by atoms with Crippen LogP contribution in [0, 0.1) is 5.82 Å². The van der Waals surface area contributed by atoms with E-state index in [1.807, 2.05) is 0 Å².